The molecule has 0 spiro atoms. The normalized spacial score (nSPS) is 12.1. The zero-order valence-corrected chi connectivity index (χ0v) is 9.30. The van der Waals surface area contributed by atoms with Crippen LogP contribution in [0.2, 0.25) is 0 Å². The second kappa shape index (κ2) is 5.30. The van der Waals surface area contributed by atoms with E-state index in [0.29, 0.717) is 18.0 Å². The van der Waals surface area contributed by atoms with Crippen LogP contribution in [0.15, 0.2) is 18.5 Å². The van der Waals surface area contributed by atoms with Crippen molar-refractivity contribution in [3.8, 4) is 0 Å². The third-order valence-corrected chi connectivity index (χ3v) is 2.00. The smallest absolute Gasteiger partial charge is 0.312 e. The van der Waals surface area contributed by atoms with Crippen molar-refractivity contribution in [2.24, 2.45) is 5.92 Å². The van der Waals surface area contributed by atoms with Crippen LogP contribution >= 0.6 is 0 Å². The Kier molecular flexibility index (Phi) is 4.29. The first-order valence-corrected chi connectivity index (χ1v) is 5.11. The van der Waals surface area contributed by atoms with Gasteiger partial charge >= 0.3 is 6.18 Å². The van der Waals surface area contributed by atoms with Crippen molar-refractivity contribution in [2.75, 3.05) is 6.54 Å². The van der Waals surface area contributed by atoms with Crippen molar-refractivity contribution in [3.05, 3.63) is 29.6 Å². The Morgan fingerprint density at radius 2 is 2.00 bits per heavy atom. The number of rotatable bonds is 4. The van der Waals surface area contributed by atoms with Crippen molar-refractivity contribution in [2.45, 2.75) is 26.6 Å². The van der Waals surface area contributed by atoms with E-state index in [4.69, 9.17) is 0 Å². The highest BCUT2D eigenvalue weighted by Gasteiger charge is 2.30. The number of hydrogen-bond donors (Lipinski definition) is 1. The molecule has 0 aliphatic rings. The second-order valence-corrected chi connectivity index (χ2v) is 4.10. The fourth-order valence-electron chi connectivity index (χ4n) is 1.24. The van der Waals surface area contributed by atoms with Crippen LogP contribution in [0.25, 0.3) is 0 Å². The van der Waals surface area contributed by atoms with Gasteiger partial charge in [-0.15, -0.1) is 0 Å². The van der Waals surface area contributed by atoms with Gasteiger partial charge in [0.25, 0.3) is 0 Å². The monoisotopic (exact) mass is 232 g/mol. The lowest BCUT2D eigenvalue weighted by Gasteiger charge is -2.10. The summed E-state index contributed by atoms with van der Waals surface area (Å²) in [5.74, 6) is 0.471. The average Bonchev–Trinajstić information content (AvgIpc) is 2.16. The molecule has 0 aliphatic heterocycles. The van der Waals surface area contributed by atoms with Gasteiger partial charge in [-0.05, 0) is 24.1 Å². The minimum absolute atomic E-state index is 0.412. The molecule has 0 unspecified atom stereocenters. The van der Waals surface area contributed by atoms with E-state index in [0.717, 1.165) is 18.8 Å². The van der Waals surface area contributed by atoms with E-state index in [1.54, 1.807) is 0 Å². The van der Waals surface area contributed by atoms with Crippen LogP contribution in [0.1, 0.15) is 25.0 Å². The summed E-state index contributed by atoms with van der Waals surface area (Å²) < 4.78 is 37.1. The Bertz CT molecular complexity index is 334. The number of nitrogens with zero attached hydrogens (tertiary/aromatic N) is 1. The van der Waals surface area contributed by atoms with Crippen LogP contribution in [0.5, 0.6) is 0 Å². The molecule has 0 bridgehead atoms. The summed E-state index contributed by atoms with van der Waals surface area (Å²) in [7, 11) is 0. The average molecular weight is 232 g/mol. The van der Waals surface area contributed by atoms with Gasteiger partial charge in [0.2, 0.25) is 0 Å². The standard InChI is InChI=1S/C11H15F3N2/c1-8(2)4-15-5-9-3-10(7-16-6-9)11(12,13)14/h3,6-8,15H,4-5H2,1-2H3. The molecule has 1 heterocycles. The molecule has 0 radical (unpaired) electrons. The zero-order valence-electron chi connectivity index (χ0n) is 9.30. The Morgan fingerprint density at radius 3 is 2.56 bits per heavy atom. The van der Waals surface area contributed by atoms with Crippen LogP contribution in [0, 0.1) is 5.92 Å². The van der Waals surface area contributed by atoms with Crippen molar-refractivity contribution < 1.29 is 13.2 Å². The molecule has 0 atom stereocenters. The molecule has 0 aliphatic carbocycles. The summed E-state index contributed by atoms with van der Waals surface area (Å²) in [4.78, 5) is 3.59. The van der Waals surface area contributed by atoms with Gasteiger partial charge in [-0.1, -0.05) is 13.8 Å². The van der Waals surface area contributed by atoms with Gasteiger partial charge in [0.15, 0.2) is 0 Å². The van der Waals surface area contributed by atoms with Gasteiger partial charge in [-0.25, -0.2) is 0 Å². The third kappa shape index (κ3) is 4.18. The number of pyridine rings is 1. The first-order valence-electron chi connectivity index (χ1n) is 5.11. The quantitative estimate of drug-likeness (QED) is 0.863. The molecule has 90 valence electrons. The van der Waals surface area contributed by atoms with Gasteiger partial charge in [0.05, 0.1) is 5.56 Å². The van der Waals surface area contributed by atoms with Crippen molar-refractivity contribution in [3.63, 3.8) is 0 Å². The molecule has 0 saturated heterocycles. The molecule has 0 aromatic carbocycles. The third-order valence-electron chi connectivity index (χ3n) is 2.00. The SMILES string of the molecule is CC(C)CNCc1cncc(C(F)(F)F)c1. The summed E-state index contributed by atoms with van der Waals surface area (Å²) in [5, 5.41) is 3.07. The predicted octanol–water partition coefficient (Wildman–Crippen LogP) is 2.85. The fraction of sp³-hybridized carbons (Fsp3) is 0.545. The van der Waals surface area contributed by atoms with E-state index in [9.17, 15) is 13.2 Å². The number of aromatic nitrogens is 1. The molecule has 0 saturated carbocycles. The Labute approximate surface area is 92.9 Å². The maximum atomic E-state index is 12.4. The summed E-state index contributed by atoms with van der Waals surface area (Å²) in [6.45, 7) is 5.26. The van der Waals surface area contributed by atoms with Gasteiger partial charge in [0.1, 0.15) is 0 Å². The first-order chi connectivity index (χ1) is 7.39. The molecule has 0 fully saturated rings. The van der Waals surface area contributed by atoms with Crippen molar-refractivity contribution in [1.29, 1.82) is 0 Å². The summed E-state index contributed by atoms with van der Waals surface area (Å²) >= 11 is 0. The number of hydrogen-bond acceptors (Lipinski definition) is 2. The summed E-state index contributed by atoms with van der Waals surface area (Å²) in [5.41, 5.74) is -0.146. The van der Waals surface area contributed by atoms with Gasteiger partial charge < -0.3 is 5.32 Å². The highest BCUT2D eigenvalue weighted by Crippen LogP contribution is 2.28. The van der Waals surface area contributed by atoms with E-state index in [2.05, 4.69) is 10.3 Å². The van der Waals surface area contributed by atoms with E-state index in [1.807, 2.05) is 13.8 Å². The molecule has 2 nitrogen and oxygen atoms in total. The lowest BCUT2D eigenvalue weighted by Crippen LogP contribution is -2.19. The molecule has 1 rings (SSSR count). The minimum atomic E-state index is -4.32. The molecule has 1 aromatic heterocycles. The number of nitrogens with one attached hydrogen (secondary N) is 1. The van der Waals surface area contributed by atoms with Gasteiger partial charge in [-0.2, -0.15) is 13.2 Å². The van der Waals surface area contributed by atoms with Crippen LogP contribution in [-0.4, -0.2) is 11.5 Å². The van der Waals surface area contributed by atoms with Crippen molar-refractivity contribution >= 4 is 0 Å². The van der Waals surface area contributed by atoms with E-state index >= 15 is 0 Å². The number of halogens is 3. The topological polar surface area (TPSA) is 24.9 Å². The van der Waals surface area contributed by atoms with Gasteiger partial charge in [0, 0.05) is 18.9 Å². The largest absolute Gasteiger partial charge is 0.417 e. The molecular formula is C11H15F3N2. The highest BCUT2D eigenvalue weighted by atomic mass is 19.4. The lowest BCUT2D eigenvalue weighted by atomic mass is 10.2. The lowest BCUT2D eigenvalue weighted by molar-refractivity contribution is -0.137. The maximum Gasteiger partial charge on any atom is 0.417 e. The Morgan fingerprint density at radius 1 is 1.31 bits per heavy atom. The Balaban J connectivity index is 2.61. The fourth-order valence-corrected chi connectivity index (χ4v) is 1.24. The maximum absolute atomic E-state index is 12.4. The minimum Gasteiger partial charge on any atom is -0.312 e. The zero-order chi connectivity index (χ0) is 12.2. The molecule has 1 aromatic rings. The predicted molar refractivity (Wildman–Crippen MR) is 55.8 cm³/mol. The van der Waals surface area contributed by atoms with Crippen LogP contribution in [-0.2, 0) is 12.7 Å². The molecule has 5 heteroatoms. The van der Waals surface area contributed by atoms with Crippen molar-refractivity contribution in [1.82, 2.24) is 10.3 Å². The van der Waals surface area contributed by atoms with E-state index < -0.39 is 11.7 Å². The number of alkyl halides is 3. The second-order valence-electron chi connectivity index (χ2n) is 4.10. The summed E-state index contributed by atoms with van der Waals surface area (Å²) in [6, 6.07) is 1.13. The first kappa shape index (κ1) is 13.0. The van der Waals surface area contributed by atoms with Crippen LogP contribution in [0.3, 0.4) is 0 Å². The molecule has 16 heavy (non-hydrogen) atoms. The summed E-state index contributed by atoms with van der Waals surface area (Å²) in [6.07, 6.45) is -2.03. The van der Waals surface area contributed by atoms with Gasteiger partial charge in [-0.3, -0.25) is 4.98 Å². The van der Waals surface area contributed by atoms with E-state index in [1.165, 1.54) is 6.20 Å². The molecule has 0 amide bonds. The van der Waals surface area contributed by atoms with Crippen LogP contribution < -0.4 is 5.32 Å². The van der Waals surface area contributed by atoms with E-state index in [-0.39, 0.29) is 0 Å². The Hall–Kier alpha value is -1.10. The molecule has 1 N–H and O–H groups in total. The van der Waals surface area contributed by atoms with Crippen LogP contribution in [0.4, 0.5) is 13.2 Å². The highest BCUT2D eigenvalue weighted by molar-refractivity contribution is 5.20. The molecular weight excluding hydrogens is 217 g/mol.